The molecule has 3 atom stereocenters. The second-order valence-electron chi connectivity index (χ2n) is 22.1. The van der Waals surface area contributed by atoms with Crippen LogP contribution >= 0.6 is 7.82 Å². The highest BCUT2D eigenvalue weighted by Gasteiger charge is 2.28. The maximum absolute atomic E-state index is 13.0. The molecular weight excluding hydrogens is 924 g/mol. The van der Waals surface area contributed by atoms with E-state index in [4.69, 9.17) is 9.05 Å². The number of amides is 1. The minimum Gasteiger partial charge on any atom is -0.391 e. The predicted octanol–water partition coefficient (Wildman–Crippen LogP) is 19.0. The van der Waals surface area contributed by atoms with Gasteiger partial charge in [0, 0.05) is 6.42 Å². The van der Waals surface area contributed by atoms with Crippen LogP contribution in [0.3, 0.4) is 0 Å². The molecular formula is C64H120N2O6P+. The van der Waals surface area contributed by atoms with Gasteiger partial charge in [0.1, 0.15) is 13.2 Å². The Kier molecular flexibility index (Phi) is 53.2. The summed E-state index contributed by atoms with van der Waals surface area (Å²) in [6.45, 7) is 4.78. The fourth-order valence-electron chi connectivity index (χ4n) is 8.93. The molecule has 0 aromatic rings. The van der Waals surface area contributed by atoms with Crippen molar-refractivity contribution < 1.29 is 32.9 Å². The van der Waals surface area contributed by atoms with Crippen molar-refractivity contribution in [2.75, 3.05) is 40.9 Å². The molecule has 0 fully saturated rings. The minimum absolute atomic E-state index is 0.0661. The smallest absolute Gasteiger partial charge is 0.391 e. The number of carbonyl (C=O) groups excluding carboxylic acids is 1. The van der Waals surface area contributed by atoms with Crippen LogP contribution in [0.15, 0.2) is 72.9 Å². The van der Waals surface area contributed by atoms with E-state index in [1.807, 2.05) is 21.1 Å². The number of hydrogen-bond acceptors (Lipinski definition) is 5. The third-order valence-electron chi connectivity index (χ3n) is 13.7. The van der Waals surface area contributed by atoms with E-state index < -0.39 is 20.0 Å². The maximum Gasteiger partial charge on any atom is 0.472 e. The number of hydrogen-bond donors (Lipinski definition) is 3. The first-order chi connectivity index (χ1) is 35.5. The standard InChI is InChI=1S/C64H119N2O6P/c1-6-8-10-12-14-16-18-20-22-24-26-28-30-31-32-33-34-36-37-39-41-43-45-47-49-51-53-55-57-63(67)62(61-72-73(69,70)71-60-59-66(3,4)5)65-64(68)58-56-54-52-50-48-46-44-42-40-38-35-29-27-25-23-21-19-17-15-13-11-9-7-2/h9,11,15,17,21,23,27,29,38,40,44,46,62-63,67H,6-8,10,12-14,16,18-20,22,24-26,28,30-37,39,41-43,45,47-61H2,1-5H3,(H-,65,68,69,70)/p+1/b11-9-,17-15-,23-21-,29-27-,40-38-,46-44-. The molecule has 0 aromatic carbocycles. The van der Waals surface area contributed by atoms with Gasteiger partial charge >= 0.3 is 7.82 Å². The Morgan fingerprint density at radius 1 is 0.479 bits per heavy atom. The molecule has 9 heteroatoms. The summed E-state index contributed by atoms with van der Waals surface area (Å²) < 4.78 is 23.8. The Morgan fingerprint density at radius 2 is 0.822 bits per heavy atom. The fourth-order valence-corrected chi connectivity index (χ4v) is 9.67. The number of rotatable bonds is 56. The van der Waals surface area contributed by atoms with E-state index in [9.17, 15) is 19.4 Å². The zero-order valence-corrected chi connectivity index (χ0v) is 49.5. The van der Waals surface area contributed by atoms with E-state index in [0.29, 0.717) is 23.9 Å². The van der Waals surface area contributed by atoms with Crippen LogP contribution in [0.5, 0.6) is 0 Å². The molecule has 0 heterocycles. The van der Waals surface area contributed by atoms with Gasteiger partial charge in [-0.3, -0.25) is 13.8 Å². The number of aliphatic hydroxyl groups is 1. The Morgan fingerprint density at radius 3 is 1.21 bits per heavy atom. The van der Waals surface area contributed by atoms with Gasteiger partial charge < -0.3 is 19.8 Å². The van der Waals surface area contributed by atoms with Crippen LogP contribution in [0.1, 0.15) is 277 Å². The van der Waals surface area contributed by atoms with E-state index in [-0.39, 0.29) is 19.1 Å². The summed E-state index contributed by atoms with van der Waals surface area (Å²) in [7, 11) is 1.59. The highest BCUT2D eigenvalue weighted by atomic mass is 31.2. The van der Waals surface area contributed by atoms with Gasteiger partial charge in [0.25, 0.3) is 0 Å². The first-order valence-corrected chi connectivity index (χ1v) is 32.3. The van der Waals surface area contributed by atoms with Crippen molar-refractivity contribution in [3.05, 3.63) is 72.9 Å². The monoisotopic (exact) mass is 1040 g/mol. The van der Waals surface area contributed by atoms with E-state index >= 15 is 0 Å². The lowest BCUT2D eigenvalue weighted by atomic mass is 10.0. The number of phosphoric acid groups is 1. The van der Waals surface area contributed by atoms with Gasteiger partial charge in [-0.2, -0.15) is 0 Å². The van der Waals surface area contributed by atoms with Crippen molar-refractivity contribution in [1.82, 2.24) is 5.32 Å². The van der Waals surface area contributed by atoms with Crippen molar-refractivity contribution in [2.24, 2.45) is 0 Å². The number of nitrogens with one attached hydrogen (secondary N) is 1. The molecule has 1 amide bonds. The van der Waals surface area contributed by atoms with Gasteiger partial charge in [0.15, 0.2) is 0 Å². The third-order valence-corrected chi connectivity index (χ3v) is 14.7. The molecule has 0 aliphatic rings. The first-order valence-electron chi connectivity index (χ1n) is 30.8. The number of unbranched alkanes of at least 4 members (excludes halogenated alkanes) is 31. The molecule has 0 radical (unpaired) electrons. The normalized spacial score (nSPS) is 14.3. The van der Waals surface area contributed by atoms with E-state index in [0.717, 1.165) is 89.9 Å². The lowest BCUT2D eigenvalue weighted by Crippen LogP contribution is -2.46. The highest BCUT2D eigenvalue weighted by molar-refractivity contribution is 7.47. The Hall–Kier alpha value is -2.06. The number of carbonyl (C=O) groups is 1. The van der Waals surface area contributed by atoms with Gasteiger partial charge in [-0.15, -0.1) is 0 Å². The van der Waals surface area contributed by atoms with Crippen molar-refractivity contribution in [2.45, 2.75) is 289 Å². The quantitative estimate of drug-likeness (QED) is 0.0243. The van der Waals surface area contributed by atoms with Crippen LogP contribution in [0.4, 0.5) is 0 Å². The molecule has 0 aliphatic heterocycles. The van der Waals surface area contributed by atoms with Gasteiger partial charge in [-0.1, -0.05) is 279 Å². The predicted molar refractivity (Wildman–Crippen MR) is 318 cm³/mol. The van der Waals surface area contributed by atoms with E-state index in [2.05, 4.69) is 92.1 Å². The lowest BCUT2D eigenvalue weighted by molar-refractivity contribution is -0.870. The van der Waals surface area contributed by atoms with E-state index in [1.54, 1.807) is 0 Å². The SMILES string of the molecule is CC/C=C\C/C=C\C/C=C\C/C=C\C/C=C\C/C=C\CCCCCCC(=O)NC(COP(=O)(O)OCC[N+](C)(C)C)C(O)CCCCCCCCCCCCCCCCCCCCCCCCCCCCCC. The molecule has 0 spiro atoms. The second-order valence-corrected chi connectivity index (χ2v) is 23.5. The summed E-state index contributed by atoms with van der Waals surface area (Å²) in [5.41, 5.74) is 0. The van der Waals surface area contributed by atoms with Crippen LogP contribution in [0.2, 0.25) is 0 Å². The average Bonchev–Trinajstić information content (AvgIpc) is 3.35. The average molecular weight is 1040 g/mol. The number of phosphoric ester groups is 1. The van der Waals surface area contributed by atoms with Gasteiger partial charge in [-0.05, 0) is 64.2 Å². The van der Waals surface area contributed by atoms with E-state index in [1.165, 1.54) is 161 Å². The molecule has 73 heavy (non-hydrogen) atoms. The first kappa shape index (κ1) is 70.9. The summed E-state index contributed by atoms with van der Waals surface area (Å²) in [6.07, 6.45) is 75.5. The van der Waals surface area contributed by atoms with Crippen molar-refractivity contribution in [3.8, 4) is 0 Å². The summed E-state index contributed by atoms with van der Waals surface area (Å²) in [5.74, 6) is -0.168. The Bertz CT molecular complexity index is 1420. The van der Waals surface area contributed by atoms with Crippen molar-refractivity contribution >= 4 is 13.7 Å². The van der Waals surface area contributed by atoms with Crippen molar-refractivity contribution in [1.29, 1.82) is 0 Å². The molecule has 0 aliphatic carbocycles. The Balaban J connectivity index is 4.17. The molecule has 3 N–H and O–H groups in total. The summed E-state index contributed by atoms with van der Waals surface area (Å²) in [4.78, 5) is 23.4. The van der Waals surface area contributed by atoms with Crippen LogP contribution < -0.4 is 5.32 Å². The fraction of sp³-hybridized carbons (Fsp3) is 0.797. The van der Waals surface area contributed by atoms with Crippen LogP contribution in [-0.2, 0) is 18.4 Å². The lowest BCUT2D eigenvalue weighted by Gasteiger charge is -2.26. The zero-order chi connectivity index (χ0) is 53.5. The summed E-state index contributed by atoms with van der Waals surface area (Å²) in [6, 6.07) is -0.781. The molecule has 0 saturated carbocycles. The number of nitrogens with zero attached hydrogens (tertiary/aromatic N) is 1. The van der Waals surface area contributed by atoms with Crippen LogP contribution in [-0.4, -0.2) is 73.4 Å². The number of aliphatic hydroxyl groups excluding tert-OH is 1. The topological polar surface area (TPSA) is 105 Å². The molecule has 8 nitrogen and oxygen atoms in total. The second kappa shape index (κ2) is 54.7. The number of likely N-dealkylation sites (N-methyl/N-ethyl adjacent to an activating group) is 1. The largest absolute Gasteiger partial charge is 0.472 e. The van der Waals surface area contributed by atoms with Gasteiger partial charge in [0.05, 0.1) is 39.9 Å². The molecule has 3 unspecified atom stereocenters. The molecule has 0 rings (SSSR count). The Labute approximate surface area is 453 Å². The molecule has 0 saturated heterocycles. The molecule has 0 aromatic heterocycles. The maximum atomic E-state index is 13.0. The number of quaternary nitrogens is 1. The van der Waals surface area contributed by atoms with Gasteiger partial charge in [0.2, 0.25) is 5.91 Å². The zero-order valence-electron chi connectivity index (χ0n) is 48.6. The summed E-state index contributed by atoms with van der Waals surface area (Å²) in [5, 5.41) is 14.1. The minimum atomic E-state index is -4.34. The van der Waals surface area contributed by atoms with Crippen LogP contribution in [0.25, 0.3) is 0 Å². The molecule has 0 bridgehead atoms. The number of allylic oxidation sites excluding steroid dienone is 12. The van der Waals surface area contributed by atoms with Gasteiger partial charge in [-0.25, -0.2) is 4.57 Å². The van der Waals surface area contributed by atoms with Crippen molar-refractivity contribution in [3.63, 3.8) is 0 Å². The molecule has 426 valence electrons. The van der Waals surface area contributed by atoms with Crippen LogP contribution in [0, 0.1) is 0 Å². The third kappa shape index (κ3) is 57.5. The summed E-state index contributed by atoms with van der Waals surface area (Å²) >= 11 is 0. The highest BCUT2D eigenvalue weighted by Crippen LogP contribution is 2.43.